The van der Waals surface area contributed by atoms with Crippen LogP contribution in [0.5, 0.6) is 0 Å². The van der Waals surface area contributed by atoms with Crippen LogP contribution in [0.15, 0.2) is 35.0 Å². The van der Waals surface area contributed by atoms with Crippen molar-refractivity contribution in [2.45, 2.75) is 32.6 Å². The van der Waals surface area contributed by atoms with Gasteiger partial charge in [-0.05, 0) is 78.3 Å². The van der Waals surface area contributed by atoms with Crippen LogP contribution in [0.2, 0.25) is 0 Å². The predicted molar refractivity (Wildman–Crippen MR) is 92.8 cm³/mol. The molecule has 1 aliphatic heterocycles. The first-order valence-corrected chi connectivity index (χ1v) is 8.72. The average molecular weight is 314 g/mol. The van der Waals surface area contributed by atoms with Gasteiger partial charge in [-0.3, -0.25) is 0 Å². The second-order valence-electron chi connectivity index (χ2n) is 6.12. The molecule has 0 atom stereocenters. The molecule has 2 heterocycles. The molecule has 1 aromatic heterocycles. The predicted octanol–water partition coefficient (Wildman–Crippen LogP) is 4.78. The van der Waals surface area contributed by atoms with Gasteiger partial charge in [0.25, 0.3) is 0 Å². The molecule has 1 N–H and O–H groups in total. The highest BCUT2D eigenvalue weighted by Crippen LogP contribution is 2.29. The Labute approximate surface area is 136 Å². The number of thiophene rings is 1. The number of nitrogens with one attached hydrogen (secondary N) is 1. The molecule has 0 bridgehead atoms. The monoisotopic (exact) mass is 314 g/mol. The molecule has 116 valence electrons. The molecule has 3 nitrogen and oxygen atoms in total. The Bertz CT molecular complexity index is 623. The summed E-state index contributed by atoms with van der Waals surface area (Å²) < 4.78 is 0. The first-order valence-electron chi connectivity index (χ1n) is 7.78. The number of rotatable bonds is 2. The molecule has 2 amide bonds. The molecule has 0 unspecified atom stereocenters. The lowest BCUT2D eigenvalue weighted by Crippen LogP contribution is -2.40. The number of aryl methyl sites for hydroxylation is 2. The van der Waals surface area contributed by atoms with Crippen molar-refractivity contribution in [2.75, 3.05) is 18.4 Å². The molecule has 22 heavy (non-hydrogen) atoms. The van der Waals surface area contributed by atoms with Crippen LogP contribution in [0.4, 0.5) is 10.5 Å². The van der Waals surface area contributed by atoms with Crippen LogP contribution < -0.4 is 5.32 Å². The number of anilines is 1. The Morgan fingerprint density at radius 3 is 2.45 bits per heavy atom. The van der Waals surface area contributed by atoms with E-state index in [4.69, 9.17) is 0 Å². The van der Waals surface area contributed by atoms with Crippen molar-refractivity contribution in [1.29, 1.82) is 0 Å². The van der Waals surface area contributed by atoms with Crippen LogP contribution in [-0.2, 0) is 0 Å². The SMILES string of the molecule is Cc1cc(C)cc(NC(=O)N2CCC(c3ccsc3)CC2)c1. The van der Waals surface area contributed by atoms with Gasteiger partial charge in [0.15, 0.2) is 0 Å². The normalized spacial score (nSPS) is 15.8. The fourth-order valence-corrected chi connectivity index (χ4v) is 3.92. The molecule has 1 saturated heterocycles. The van der Waals surface area contributed by atoms with E-state index >= 15 is 0 Å². The third kappa shape index (κ3) is 3.50. The maximum Gasteiger partial charge on any atom is 0.321 e. The largest absolute Gasteiger partial charge is 0.324 e. The number of carbonyl (C=O) groups is 1. The molecule has 0 saturated carbocycles. The van der Waals surface area contributed by atoms with E-state index in [-0.39, 0.29) is 6.03 Å². The molecule has 0 spiro atoms. The molecule has 0 aliphatic carbocycles. The minimum atomic E-state index is 0.0220. The van der Waals surface area contributed by atoms with Gasteiger partial charge in [-0.1, -0.05) is 6.07 Å². The average Bonchev–Trinajstić information content (AvgIpc) is 3.00. The Kier molecular flexibility index (Phi) is 4.48. The maximum atomic E-state index is 12.4. The van der Waals surface area contributed by atoms with E-state index in [1.165, 1.54) is 16.7 Å². The molecule has 4 heteroatoms. The Balaban J connectivity index is 1.58. The Morgan fingerprint density at radius 2 is 1.86 bits per heavy atom. The lowest BCUT2D eigenvalue weighted by Gasteiger charge is -2.31. The Morgan fingerprint density at radius 1 is 1.18 bits per heavy atom. The van der Waals surface area contributed by atoms with E-state index in [9.17, 15) is 4.79 Å². The van der Waals surface area contributed by atoms with E-state index in [2.05, 4.69) is 42.1 Å². The van der Waals surface area contributed by atoms with Crippen LogP contribution in [0.25, 0.3) is 0 Å². The van der Waals surface area contributed by atoms with Gasteiger partial charge in [0, 0.05) is 18.8 Å². The smallest absolute Gasteiger partial charge is 0.321 e. The van der Waals surface area contributed by atoms with Crippen LogP contribution in [0.3, 0.4) is 0 Å². The standard InChI is InChI=1S/C18H22N2OS/c1-13-9-14(2)11-17(10-13)19-18(21)20-6-3-15(4-7-20)16-5-8-22-12-16/h5,8-12,15H,3-4,6-7H2,1-2H3,(H,19,21). The fourth-order valence-electron chi connectivity index (χ4n) is 3.17. The van der Waals surface area contributed by atoms with Crippen LogP contribution in [0.1, 0.15) is 35.4 Å². The molecule has 1 aromatic carbocycles. The molecule has 1 fully saturated rings. The zero-order chi connectivity index (χ0) is 15.5. The van der Waals surface area contributed by atoms with Crippen molar-refractivity contribution in [3.63, 3.8) is 0 Å². The van der Waals surface area contributed by atoms with Gasteiger partial charge >= 0.3 is 6.03 Å². The first-order chi connectivity index (χ1) is 10.6. The number of benzene rings is 1. The highest BCUT2D eigenvalue weighted by Gasteiger charge is 2.24. The van der Waals surface area contributed by atoms with Gasteiger partial charge in [0.2, 0.25) is 0 Å². The summed E-state index contributed by atoms with van der Waals surface area (Å²) in [6.45, 7) is 5.76. The number of carbonyl (C=O) groups excluding carboxylic acids is 1. The van der Waals surface area contributed by atoms with E-state index in [0.717, 1.165) is 31.6 Å². The molecule has 2 aromatic rings. The summed E-state index contributed by atoms with van der Waals surface area (Å²) in [4.78, 5) is 14.3. The van der Waals surface area contributed by atoms with E-state index < -0.39 is 0 Å². The zero-order valence-electron chi connectivity index (χ0n) is 13.1. The van der Waals surface area contributed by atoms with Crippen LogP contribution >= 0.6 is 11.3 Å². The highest BCUT2D eigenvalue weighted by molar-refractivity contribution is 7.07. The summed E-state index contributed by atoms with van der Waals surface area (Å²) >= 11 is 1.75. The number of hydrogen-bond donors (Lipinski definition) is 1. The zero-order valence-corrected chi connectivity index (χ0v) is 14.0. The molecular weight excluding hydrogens is 292 g/mol. The number of piperidine rings is 1. The number of likely N-dealkylation sites (tertiary alicyclic amines) is 1. The van der Waals surface area contributed by atoms with Gasteiger partial charge in [-0.2, -0.15) is 11.3 Å². The van der Waals surface area contributed by atoms with E-state index in [1.54, 1.807) is 11.3 Å². The van der Waals surface area contributed by atoms with E-state index in [1.807, 2.05) is 17.0 Å². The first kappa shape index (κ1) is 15.1. The quantitative estimate of drug-likeness (QED) is 0.850. The summed E-state index contributed by atoms with van der Waals surface area (Å²) in [5.74, 6) is 0.608. The van der Waals surface area contributed by atoms with Gasteiger partial charge < -0.3 is 10.2 Å². The summed E-state index contributed by atoms with van der Waals surface area (Å²) in [5, 5.41) is 7.40. The summed E-state index contributed by atoms with van der Waals surface area (Å²) in [6.07, 6.45) is 2.11. The second-order valence-corrected chi connectivity index (χ2v) is 6.90. The van der Waals surface area contributed by atoms with Crippen LogP contribution in [0, 0.1) is 13.8 Å². The topological polar surface area (TPSA) is 32.3 Å². The summed E-state index contributed by atoms with van der Waals surface area (Å²) in [6, 6.07) is 8.38. The third-order valence-corrected chi connectivity index (χ3v) is 4.97. The van der Waals surface area contributed by atoms with Crippen LogP contribution in [-0.4, -0.2) is 24.0 Å². The van der Waals surface area contributed by atoms with Crippen molar-refractivity contribution in [3.8, 4) is 0 Å². The molecule has 3 rings (SSSR count). The lowest BCUT2D eigenvalue weighted by atomic mass is 9.91. The van der Waals surface area contributed by atoms with Gasteiger partial charge in [-0.25, -0.2) is 4.79 Å². The van der Waals surface area contributed by atoms with Gasteiger partial charge in [-0.15, -0.1) is 0 Å². The molecule has 1 aliphatic rings. The summed E-state index contributed by atoms with van der Waals surface area (Å²) in [5.41, 5.74) is 4.67. The third-order valence-electron chi connectivity index (χ3n) is 4.27. The fraction of sp³-hybridized carbons (Fsp3) is 0.389. The lowest BCUT2D eigenvalue weighted by molar-refractivity contribution is 0.194. The molecule has 0 radical (unpaired) electrons. The van der Waals surface area contributed by atoms with Crippen molar-refractivity contribution in [2.24, 2.45) is 0 Å². The second kappa shape index (κ2) is 6.53. The number of amides is 2. The van der Waals surface area contributed by atoms with Crippen molar-refractivity contribution in [1.82, 2.24) is 4.90 Å². The van der Waals surface area contributed by atoms with Gasteiger partial charge in [0.05, 0.1) is 0 Å². The van der Waals surface area contributed by atoms with Crippen molar-refractivity contribution >= 4 is 23.1 Å². The molecular formula is C18H22N2OS. The van der Waals surface area contributed by atoms with Crippen molar-refractivity contribution in [3.05, 3.63) is 51.7 Å². The summed E-state index contributed by atoms with van der Waals surface area (Å²) in [7, 11) is 0. The van der Waals surface area contributed by atoms with Gasteiger partial charge in [0.1, 0.15) is 0 Å². The van der Waals surface area contributed by atoms with E-state index in [0.29, 0.717) is 5.92 Å². The van der Waals surface area contributed by atoms with Crippen molar-refractivity contribution < 1.29 is 4.79 Å². The minimum absolute atomic E-state index is 0.0220. The number of nitrogens with zero attached hydrogens (tertiary/aromatic N) is 1. The minimum Gasteiger partial charge on any atom is -0.324 e. The maximum absolute atomic E-state index is 12.4. The highest BCUT2D eigenvalue weighted by atomic mass is 32.1. The number of hydrogen-bond acceptors (Lipinski definition) is 2. The Hall–Kier alpha value is -1.81. The number of urea groups is 1.